The second-order valence-corrected chi connectivity index (χ2v) is 6.06. The zero-order valence-corrected chi connectivity index (χ0v) is 9.27. The topological polar surface area (TPSA) is 63.2 Å². The Hall–Kier alpha value is -0.580. The van der Waals surface area contributed by atoms with E-state index in [0.717, 1.165) is 0 Å². The summed E-state index contributed by atoms with van der Waals surface area (Å²) in [7, 11) is -2.77. The first kappa shape index (κ1) is 11.5. The molecule has 0 aliphatic carbocycles. The first-order chi connectivity index (χ1) is 6.53. The van der Waals surface area contributed by atoms with Gasteiger partial charge in [-0.15, -0.1) is 0 Å². The van der Waals surface area contributed by atoms with Gasteiger partial charge in [-0.05, 0) is 18.8 Å². The summed E-state index contributed by atoms with van der Waals surface area (Å²) in [5.41, 5.74) is 0. The number of amides is 1. The fourth-order valence-electron chi connectivity index (χ4n) is 1.53. The van der Waals surface area contributed by atoms with Crippen molar-refractivity contribution in [3.05, 3.63) is 0 Å². The molecule has 82 valence electrons. The molecule has 0 saturated carbocycles. The Balaban J connectivity index is 2.26. The number of rotatable bonds is 3. The molecule has 1 rings (SSSR count). The lowest BCUT2D eigenvalue weighted by Gasteiger charge is -2.21. The van der Waals surface area contributed by atoms with Crippen LogP contribution < -0.4 is 5.32 Å². The van der Waals surface area contributed by atoms with Crippen molar-refractivity contribution in [1.29, 1.82) is 0 Å². The standard InChI is InChI=1S/C9H17NO3S/c1-2-9(11)10-7-8-3-5-14(12,13)6-4-8/h8H,2-7H2,1H3,(H,10,11). The number of hydrogen-bond donors (Lipinski definition) is 1. The van der Waals surface area contributed by atoms with E-state index in [9.17, 15) is 13.2 Å². The van der Waals surface area contributed by atoms with Crippen LogP contribution in [0.4, 0.5) is 0 Å². The number of sulfone groups is 1. The van der Waals surface area contributed by atoms with Gasteiger partial charge in [0, 0.05) is 13.0 Å². The van der Waals surface area contributed by atoms with Gasteiger partial charge < -0.3 is 5.32 Å². The number of hydrogen-bond acceptors (Lipinski definition) is 3. The molecule has 1 heterocycles. The number of carbonyl (C=O) groups is 1. The SMILES string of the molecule is CCC(=O)NCC1CCS(=O)(=O)CC1. The molecule has 1 fully saturated rings. The summed E-state index contributed by atoms with van der Waals surface area (Å²) >= 11 is 0. The van der Waals surface area contributed by atoms with Gasteiger partial charge >= 0.3 is 0 Å². The van der Waals surface area contributed by atoms with Gasteiger partial charge in [-0.1, -0.05) is 6.92 Å². The zero-order valence-electron chi connectivity index (χ0n) is 8.45. The van der Waals surface area contributed by atoms with Crippen molar-refractivity contribution in [2.24, 2.45) is 5.92 Å². The summed E-state index contributed by atoms with van der Waals surface area (Å²) in [5, 5.41) is 2.80. The van der Waals surface area contributed by atoms with Crippen LogP contribution in [-0.2, 0) is 14.6 Å². The van der Waals surface area contributed by atoms with E-state index in [2.05, 4.69) is 5.32 Å². The highest BCUT2D eigenvalue weighted by molar-refractivity contribution is 7.91. The summed E-state index contributed by atoms with van der Waals surface area (Å²) in [6.07, 6.45) is 1.86. The van der Waals surface area contributed by atoms with Crippen molar-refractivity contribution in [1.82, 2.24) is 5.32 Å². The van der Waals surface area contributed by atoms with Gasteiger partial charge in [-0.25, -0.2) is 8.42 Å². The zero-order chi connectivity index (χ0) is 10.6. The third kappa shape index (κ3) is 3.65. The fourth-order valence-corrected chi connectivity index (χ4v) is 3.12. The molecule has 0 atom stereocenters. The highest BCUT2D eigenvalue weighted by atomic mass is 32.2. The van der Waals surface area contributed by atoms with Gasteiger partial charge in [0.1, 0.15) is 9.84 Å². The Morgan fingerprint density at radius 2 is 1.93 bits per heavy atom. The molecule has 0 aromatic carbocycles. The van der Waals surface area contributed by atoms with Crippen LogP contribution in [-0.4, -0.2) is 32.4 Å². The molecule has 14 heavy (non-hydrogen) atoms. The van der Waals surface area contributed by atoms with E-state index >= 15 is 0 Å². The van der Waals surface area contributed by atoms with Crippen LogP contribution in [0.1, 0.15) is 26.2 Å². The summed E-state index contributed by atoms with van der Waals surface area (Å²) in [5.74, 6) is 0.937. The lowest BCUT2D eigenvalue weighted by Crippen LogP contribution is -2.33. The monoisotopic (exact) mass is 219 g/mol. The van der Waals surface area contributed by atoms with E-state index in [-0.39, 0.29) is 17.4 Å². The maximum absolute atomic E-state index is 11.1. The van der Waals surface area contributed by atoms with E-state index in [1.807, 2.05) is 0 Å². The van der Waals surface area contributed by atoms with Gasteiger partial charge in [0.15, 0.2) is 0 Å². The number of nitrogens with one attached hydrogen (secondary N) is 1. The van der Waals surface area contributed by atoms with Gasteiger partial charge in [0.05, 0.1) is 11.5 Å². The Kier molecular flexibility index (Phi) is 3.92. The molecule has 1 amide bonds. The van der Waals surface area contributed by atoms with Crippen molar-refractivity contribution >= 4 is 15.7 Å². The molecule has 0 spiro atoms. The summed E-state index contributed by atoms with van der Waals surface area (Å²) in [4.78, 5) is 11.0. The average Bonchev–Trinajstić information content (AvgIpc) is 2.16. The molecular formula is C9H17NO3S. The van der Waals surface area contributed by atoms with Crippen molar-refractivity contribution < 1.29 is 13.2 Å². The van der Waals surface area contributed by atoms with Gasteiger partial charge in [-0.3, -0.25) is 4.79 Å². The average molecular weight is 219 g/mol. The third-order valence-electron chi connectivity index (χ3n) is 2.58. The quantitative estimate of drug-likeness (QED) is 0.744. The minimum atomic E-state index is -2.77. The van der Waals surface area contributed by atoms with Gasteiger partial charge in [-0.2, -0.15) is 0 Å². The van der Waals surface area contributed by atoms with E-state index in [1.165, 1.54) is 0 Å². The Bertz CT molecular complexity index is 283. The normalized spacial score (nSPS) is 21.8. The molecule has 4 nitrogen and oxygen atoms in total. The van der Waals surface area contributed by atoms with E-state index < -0.39 is 9.84 Å². The first-order valence-corrected chi connectivity index (χ1v) is 6.83. The maximum Gasteiger partial charge on any atom is 0.219 e. The molecule has 1 N–H and O–H groups in total. The van der Waals surface area contributed by atoms with Crippen LogP contribution in [0.5, 0.6) is 0 Å². The molecule has 0 aromatic rings. The van der Waals surface area contributed by atoms with Crippen LogP contribution in [0.15, 0.2) is 0 Å². The summed E-state index contributed by atoms with van der Waals surface area (Å²) in [6.45, 7) is 2.43. The van der Waals surface area contributed by atoms with Gasteiger partial charge in [0.25, 0.3) is 0 Å². The Morgan fingerprint density at radius 3 is 2.43 bits per heavy atom. The molecule has 1 aliphatic rings. The first-order valence-electron chi connectivity index (χ1n) is 5.00. The highest BCUT2D eigenvalue weighted by Crippen LogP contribution is 2.17. The van der Waals surface area contributed by atoms with E-state index in [0.29, 0.717) is 31.7 Å². The molecule has 1 saturated heterocycles. The highest BCUT2D eigenvalue weighted by Gasteiger charge is 2.23. The Morgan fingerprint density at radius 1 is 1.36 bits per heavy atom. The minimum absolute atomic E-state index is 0.0402. The molecule has 1 aliphatic heterocycles. The van der Waals surface area contributed by atoms with E-state index in [1.54, 1.807) is 6.92 Å². The smallest absolute Gasteiger partial charge is 0.219 e. The minimum Gasteiger partial charge on any atom is -0.356 e. The van der Waals surface area contributed by atoms with Crippen molar-refractivity contribution in [3.8, 4) is 0 Å². The fraction of sp³-hybridized carbons (Fsp3) is 0.889. The largest absolute Gasteiger partial charge is 0.356 e. The van der Waals surface area contributed by atoms with Crippen LogP contribution in [0.2, 0.25) is 0 Å². The number of carbonyl (C=O) groups excluding carboxylic acids is 1. The second-order valence-electron chi connectivity index (χ2n) is 3.75. The molecule has 0 unspecified atom stereocenters. The molecule has 5 heteroatoms. The van der Waals surface area contributed by atoms with Crippen LogP contribution in [0, 0.1) is 5.92 Å². The molecular weight excluding hydrogens is 202 g/mol. The lowest BCUT2D eigenvalue weighted by molar-refractivity contribution is -0.120. The predicted molar refractivity (Wildman–Crippen MR) is 54.7 cm³/mol. The maximum atomic E-state index is 11.1. The van der Waals surface area contributed by atoms with Crippen molar-refractivity contribution in [2.45, 2.75) is 26.2 Å². The lowest BCUT2D eigenvalue weighted by atomic mass is 10.0. The van der Waals surface area contributed by atoms with Crippen LogP contribution >= 0.6 is 0 Å². The summed E-state index contributed by atoms with van der Waals surface area (Å²) < 4.78 is 22.2. The van der Waals surface area contributed by atoms with Crippen molar-refractivity contribution in [2.75, 3.05) is 18.1 Å². The molecule has 0 bridgehead atoms. The van der Waals surface area contributed by atoms with Crippen LogP contribution in [0.3, 0.4) is 0 Å². The predicted octanol–water partition coefficient (Wildman–Crippen LogP) is 0.337. The van der Waals surface area contributed by atoms with Crippen LogP contribution in [0.25, 0.3) is 0 Å². The van der Waals surface area contributed by atoms with Crippen molar-refractivity contribution in [3.63, 3.8) is 0 Å². The molecule has 0 radical (unpaired) electrons. The van der Waals surface area contributed by atoms with Gasteiger partial charge in [0.2, 0.25) is 5.91 Å². The Labute approximate surface area is 85.0 Å². The summed E-state index contributed by atoms with van der Waals surface area (Å²) in [6, 6.07) is 0. The second kappa shape index (κ2) is 4.77. The molecule has 0 aromatic heterocycles. The third-order valence-corrected chi connectivity index (χ3v) is 4.30. The van der Waals surface area contributed by atoms with E-state index in [4.69, 9.17) is 0 Å².